The summed E-state index contributed by atoms with van der Waals surface area (Å²) in [6.07, 6.45) is 0.529. The second-order valence-electron chi connectivity index (χ2n) is 6.53. The molecule has 1 aromatic carbocycles. The molecule has 2 heterocycles. The Bertz CT molecular complexity index is 625. The molecular formula is C17H21ClF4N2O. The minimum Gasteiger partial charge on any atom is -0.338 e. The van der Waals surface area contributed by atoms with Crippen LogP contribution in [0.25, 0.3) is 0 Å². The van der Waals surface area contributed by atoms with Crippen LogP contribution in [-0.2, 0) is 0 Å². The molecule has 0 aromatic heterocycles. The molecule has 25 heavy (non-hydrogen) atoms. The lowest BCUT2D eigenvalue weighted by molar-refractivity contribution is -0.0494. The van der Waals surface area contributed by atoms with Crippen molar-refractivity contribution in [2.45, 2.75) is 37.5 Å². The van der Waals surface area contributed by atoms with E-state index in [1.54, 1.807) is 0 Å². The van der Waals surface area contributed by atoms with Gasteiger partial charge in [0.2, 0.25) is 0 Å². The molecule has 0 spiro atoms. The predicted octanol–water partition coefficient (Wildman–Crippen LogP) is 3.72. The smallest absolute Gasteiger partial charge is 0.256 e. The third-order valence-corrected chi connectivity index (χ3v) is 4.88. The van der Waals surface area contributed by atoms with Gasteiger partial charge in [-0.25, -0.2) is 17.6 Å². The van der Waals surface area contributed by atoms with Gasteiger partial charge >= 0.3 is 0 Å². The molecular weight excluding hydrogens is 360 g/mol. The van der Waals surface area contributed by atoms with Gasteiger partial charge in [0.25, 0.3) is 11.8 Å². The van der Waals surface area contributed by atoms with Crippen LogP contribution in [0.3, 0.4) is 0 Å². The second kappa shape index (κ2) is 7.91. The zero-order chi connectivity index (χ0) is 17.3. The van der Waals surface area contributed by atoms with Gasteiger partial charge in [0.15, 0.2) is 0 Å². The number of hydrogen-bond donors (Lipinski definition) is 1. The van der Waals surface area contributed by atoms with E-state index in [0.717, 1.165) is 25.2 Å². The van der Waals surface area contributed by atoms with Crippen molar-refractivity contribution in [1.82, 2.24) is 10.2 Å². The van der Waals surface area contributed by atoms with E-state index in [2.05, 4.69) is 5.32 Å². The largest absolute Gasteiger partial charge is 0.338 e. The number of benzene rings is 1. The summed E-state index contributed by atoms with van der Waals surface area (Å²) >= 11 is 0. The van der Waals surface area contributed by atoms with Gasteiger partial charge in [0.05, 0.1) is 5.56 Å². The molecule has 2 aliphatic rings. The number of carbonyl (C=O) groups is 1. The quantitative estimate of drug-likeness (QED) is 0.793. The average Bonchev–Trinajstić information content (AvgIpc) is 2.57. The third-order valence-electron chi connectivity index (χ3n) is 4.88. The Labute approximate surface area is 150 Å². The van der Waals surface area contributed by atoms with E-state index in [9.17, 15) is 22.4 Å². The number of piperidine rings is 2. The standard InChI is InChI=1S/C17H20F4N2O.ClH/c18-14-10-13(16(24)23-7-3-17(20,21)4-8-23)15(19)9-12(14)11-1-5-22-6-2-11;/h9-11,22H,1-8H2;1H. The van der Waals surface area contributed by atoms with Gasteiger partial charge in [-0.3, -0.25) is 4.79 Å². The van der Waals surface area contributed by atoms with Crippen LogP contribution in [0.4, 0.5) is 17.6 Å². The zero-order valence-corrected chi connectivity index (χ0v) is 14.5. The van der Waals surface area contributed by atoms with Gasteiger partial charge in [0, 0.05) is 25.9 Å². The summed E-state index contributed by atoms with van der Waals surface area (Å²) in [7, 11) is 0. The fraction of sp³-hybridized carbons (Fsp3) is 0.588. The average molecular weight is 381 g/mol. The number of carbonyl (C=O) groups excluding carboxylic acids is 1. The van der Waals surface area contributed by atoms with Crippen LogP contribution >= 0.6 is 12.4 Å². The van der Waals surface area contributed by atoms with Crippen LogP contribution < -0.4 is 5.32 Å². The van der Waals surface area contributed by atoms with Gasteiger partial charge < -0.3 is 10.2 Å². The summed E-state index contributed by atoms with van der Waals surface area (Å²) in [5, 5.41) is 3.16. The summed E-state index contributed by atoms with van der Waals surface area (Å²) in [5.74, 6) is -4.97. The summed E-state index contributed by atoms with van der Waals surface area (Å²) in [4.78, 5) is 13.5. The van der Waals surface area contributed by atoms with Crippen molar-refractivity contribution in [3.63, 3.8) is 0 Å². The Hall–Kier alpha value is -1.34. The number of rotatable bonds is 2. The summed E-state index contributed by atoms with van der Waals surface area (Å²) in [6, 6.07) is 2.01. The van der Waals surface area contributed by atoms with Crippen LogP contribution in [0.1, 0.15) is 47.5 Å². The van der Waals surface area contributed by atoms with Crippen LogP contribution in [0.15, 0.2) is 12.1 Å². The lowest BCUT2D eigenvalue weighted by atomic mass is 9.89. The van der Waals surface area contributed by atoms with Crippen molar-refractivity contribution >= 4 is 18.3 Å². The summed E-state index contributed by atoms with van der Waals surface area (Å²) < 4.78 is 55.1. The summed E-state index contributed by atoms with van der Waals surface area (Å²) in [6.45, 7) is 1.19. The first-order valence-electron chi connectivity index (χ1n) is 8.24. The molecule has 2 aliphatic heterocycles. The molecule has 0 aliphatic carbocycles. The molecule has 3 nitrogen and oxygen atoms in total. The second-order valence-corrected chi connectivity index (χ2v) is 6.53. The monoisotopic (exact) mass is 380 g/mol. The molecule has 0 radical (unpaired) electrons. The first-order valence-corrected chi connectivity index (χ1v) is 8.24. The number of nitrogens with one attached hydrogen (secondary N) is 1. The van der Waals surface area contributed by atoms with Crippen molar-refractivity contribution < 1.29 is 22.4 Å². The van der Waals surface area contributed by atoms with E-state index < -0.39 is 36.3 Å². The van der Waals surface area contributed by atoms with E-state index in [1.165, 1.54) is 4.90 Å². The molecule has 0 unspecified atom stereocenters. The molecule has 1 N–H and O–H groups in total. The Kier molecular flexibility index (Phi) is 6.32. The maximum absolute atomic E-state index is 14.4. The number of hydrogen-bond acceptors (Lipinski definition) is 2. The highest BCUT2D eigenvalue weighted by atomic mass is 35.5. The molecule has 1 amide bonds. The molecule has 140 valence electrons. The molecule has 1 aromatic rings. The Balaban J connectivity index is 0.00000225. The van der Waals surface area contributed by atoms with Crippen molar-refractivity contribution in [1.29, 1.82) is 0 Å². The van der Waals surface area contributed by atoms with E-state index in [1.807, 2.05) is 0 Å². The van der Waals surface area contributed by atoms with Crippen molar-refractivity contribution in [3.8, 4) is 0 Å². The van der Waals surface area contributed by atoms with E-state index >= 15 is 0 Å². The van der Waals surface area contributed by atoms with Crippen LogP contribution in [0, 0.1) is 11.6 Å². The third kappa shape index (κ3) is 4.44. The highest BCUT2D eigenvalue weighted by Gasteiger charge is 2.36. The first kappa shape index (κ1) is 20.0. The van der Waals surface area contributed by atoms with Crippen LogP contribution in [0.2, 0.25) is 0 Å². The normalized spacial score (nSPS) is 20.9. The van der Waals surface area contributed by atoms with Gasteiger partial charge in [-0.15, -0.1) is 12.4 Å². The summed E-state index contributed by atoms with van der Waals surface area (Å²) in [5.41, 5.74) is -0.0915. The lowest BCUT2D eigenvalue weighted by Crippen LogP contribution is -2.43. The Morgan fingerprint density at radius 3 is 2.28 bits per heavy atom. The van der Waals surface area contributed by atoms with Crippen molar-refractivity contribution in [2.24, 2.45) is 0 Å². The van der Waals surface area contributed by atoms with E-state index in [0.29, 0.717) is 12.8 Å². The Morgan fingerprint density at radius 2 is 1.68 bits per heavy atom. The van der Waals surface area contributed by atoms with Crippen LogP contribution in [-0.4, -0.2) is 42.9 Å². The number of amides is 1. The number of nitrogens with zero attached hydrogens (tertiary/aromatic N) is 1. The topological polar surface area (TPSA) is 32.3 Å². The molecule has 0 saturated carbocycles. The maximum Gasteiger partial charge on any atom is 0.256 e. The SMILES string of the molecule is Cl.O=C(c1cc(F)c(C2CCNCC2)cc1F)N1CCC(F)(F)CC1. The van der Waals surface area contributed by atoms with Gasteiger partial charge in [-0.2, -0.15) is 0 Å². The molecule has 8 heteroatoms. The predicted molar refractivity (Wildman–Crippen MR) is 88.5 cm³/mol. The van der Waals surface area contributed by atoms with Gasteiger partial charge in [0.1, 0.15) is 11.6 Å². The lowest BCUT2D eigenvalue weighted by Gasteiger charge is -2.32. The molecule has 3 rings (SSSR count). The highest BCUT2D eigenvalue weighted by Crippen LogP contribution is 2.31. The fourth-order valence-corrected chi connectivity index (χ4v) is 3.38. The molecule has 0 bridgehead atoms. The van der Waals surface area contributed by atoms with Crippen molar-refractivity contribution in [2.75, 3.05) is 26.2 Å². The fourth-order valence-electron chi connectivity index (χ4n) is 3.38. The van der Waals surface area contributed by atoms with Crippen molar-refractivity contribution in [3.05, 3.63) is 34.9 Å². The van der Waals surface area contributed by atoms with Crippen LogP contribution in [0.5, 0.6) is 0 Å². The molecule has 2 fully saturated rings. The zero-order valence-electron chi connectivity index (χ0n) is 13.7. The molecule has 2 saturated heterocycles. The minimum absolute atomic E-state index is 0. The molecule has 0 atom stereocenters. The first-order chi connectivity index (χ1) is 11.4. The van der Waals surface area contributed by atoms with Gasteiger partial charge in [-0.1, -0.05) is 0 Å². The van der Waals surface area contributed by atoms with E-state index in [4.69, 9.17) is 0 Å². The maximum atomic E-state index is 14.4. The number of alkyl halides is 2. The Morgan fingerprint density at radius 1 is 1.08 bits per heavy atom. The van der Waals surface area contributed by atoms with E-state index in [-0.39, 0.29) is 42.5 Å². The minimum atomic E-state index is -2.79. The number of likely N-dealkylation sites (tertiary alicyclic amines) is 1. The number of halogens is 5. The van der Waals surface area contributed by atoms with Gasteiger partial charge in [-0.05, 0) is 49.5 Å². The highest BCUT2D eigenvalue weighted by molar-refractivity contribution is 5.94.